The van der Waals surface area contributed by atoms with Crippen LogP contribution in [0.25, 0.3) is 0 Å². The molecule has 2 fully saturated rings. The van der Waals surface area contributed by atoms with Gasteiger partial charge in [-0.15, -0.1) is 0 Å². The molecule has 2 aliphatic heterocycles. The third-order valence-corrected chi connectivity index (χ3v) is 4.30. The first kappa shape index (κ1) is 15.7. The molecule has 0 spiro atoms. The van der Waals surface area contributed by atoms with Gasteiger partial charge in [0.05, 0.1) is 24.9 Å². The van der Waals surface area contributed by atoms with Gasteiger partial charge in [0.15, 0.2) is 5.89 Å². The van der Waals surface area contributed by atoms with E-state index in [1.807, 2.05) is 6.92 Å². The highest BCUT2D eigenvalue weighted by Gasteiger charge is 2.31. The van der Waals surface area contributed by atoms with Gasteiger partial charge in [0.25, 0.3) is 0 Å². The zero-order valence-electron chi connectivity index (χ0n) is 13.4. The molecule has 3 heterocycles. The topological polar surface area (TPSA) is 53.7 Å². The van der Waals surface area contributed by atoms with Crippen molar-refractivity contribution in [2.45, 2.75) is 70.6 Å². The minimum Gasteiger partial charge on any atom is -0.449 e. The lowest BCUT2D eigenvalue weighted by atomic mass is 9.94. The number of aromatic nitrogens is 1. The normalized spacial score (nSPS) is 33.1. The smallest absolute Gasteiger partial charge is 0.204 e. The molecule has 5 heteroatoms. The van der Waals surface area contributed by atoms with Crippen LogP contribution in [-0.4, -0.2) is 29.9 Å². The van der Waals surface area contributed by atoms with E-state index in [0.717, 1.165) is 32.1 Å². The molecule has 0 radical (unpaired) electrons. The summed E-state index contributed by atoms with van der Waals surface area (Å²) in [7, 11) is 0. The zero-order valence-corrected chi connectivity index (χ0v) is 13.4. The van der Waals surface area contributed by atoms with Crippen molar-refractivity contribution in [3.8, 4) is 0 Å². The van der Waals surface area contributed by atoms with Crippen LogP contribution in [0.2, 0.25) is 0 Å². The lowest BCUT2D eigenvalue weighted by Crippen LogP contribution is -2.35. The van der Waals surface area contributed by atoms with Crippen LogP contribution in [0.5, 0.6) is 0 Å². The molecule has 0 saturated carbocycles. The summed E-state index contributed by atoms with van der Waals surface area (Å²) in [5, 5.41) is 0. The fourth-order valence-electron chi connectivity index (χ4n) is 3.17. The van der Waals surface area contributed by atoms with Crippen molar-refractivity contribution in [3.05, 3.63) is 30.0 Å². The molecule has 0 amide bonds. The molecule has 4 atom stereocenters. The van der Waals surface area contributed by atoms with Crippen molar-refractivity contribution in [1.29, 1.82) is 0 Å². The van der Waals surface area contributed by atoms with Gasteiger partial charge >= 0.3 is 0 Å². The lowest BCUT2D eigenvalue weighted by Gasteiger charge is -2.35. The van der Waals surface area contributed by atoms with E-state index in [-0.39, 0.29) is 12.2 Å². The number of hydrogen-bond donors (Lipinski definition) is 0. The highest BCUT2D eigenvalue weighted by atomic mass is 16.7. The van der Waals surface area contributed by atoms with Crippen LogP contribution in [0.1, 0.15) is 56.9 Å². The van der Waals surface area contributed by atoms with E-state index in [0.29, 0.717) is 24.3 Å². The van der Waals surface area contributed by atoms with E-state index in [2.05, 4.69) is 18.5 Å². The second-order valence-corrected chi connectivity index (χ2v) is 6.22. The SMILES string of the molecule is C=C1CC(CC)OC(CC2CCOC(c3coc(C)n3)O2)C1. The summed E-state index contributed by atoms with van der Waals surface area (Å²) in [5.74, 6) is 0.627. The molecule has 2 aliphatic rings. The molecule has 5 nitrogen and oxygen atoms in total. The van der Waals surface area contributed by atoms with Crippen LogP contribution in [0.3, 0.4) is 0 Å². The Morgan fingerprint density at radius 1 is 1.23 bits per heavy atom. The number of hydrogen-bond acceptors (Lipinski definition) is 5. The number of ether oxygens (including phenoxy) is 3. The lowest BCUT2D eigenvalue weighted by molar-refractivity contribution is -0.227. The van der Waals surface area contributed by atoms with Gasteiger partial charge in [0, 0.05) is 13.3 Å². The first-order chi connectivity index (χ1) is 10.6. The van der Waals surface area contributed by atoms with E-state index in [4.69, 9.17) is 18.6 Å². The van der Waals surface area contributed by atoms with Gasteiger partial charge in [-0.2, -0.15) is 0 Å². The fourth-order valence-corrected chi connectivity index (χ4v) is 3.17. The summed E-state index contributed by atoms with van der Waals surface area (Å²) in [6.07, 6.45) is 6.54. The predicted octanol–water partition coefficient (Wildman–Crippen LogP) is 3.69. The van der Waals surface area contributed by atoms with E-state index in [1.54, 1.807) is 6.26 Å². The fraction of sp³-hybridized carbons (Fsp3) is 0.706. The Labute approximate surface area is 131 Å². The quantitative estimate of drug-likeness (QED) is 0.794. The van der Waals surface area contributed by atoms with Gasteiger partial charge in [-0.25, -0.2) is 4.98 Å². The van der Waals surface area contributed by atoms with E-state index in [9.17, 15) is 0 Å². The van der Waals surface area contributed by atoms with Gasteiger partial charge < -0.3 is 18.6 Å². The van der Waals surface area contributed by atoms with Gasteiger partial charge in [-0.3, -0.25) is 0 Å². The molecule has 4 unspecified atom stereocenters. The Morgan fingerprint density at radius 2 is 2.05 bits per heavy atom. The molecule has 3 rings (SSSR count). The van der Waals surface area contributed by atoms with Crippen molar-refractivity contribution in [1.82, 2.24) is 4.98 Å². The van der Waals surface area contributed by atoms with Crippen molar-refractivity contribution in [3.63, 3.8) is 0 Å². The number of rotatable bonds is 4. The Kier molecular flexibility index (Phi) is 4.96. The molecule has 1 aromatic heterocycles. The van der Waals surface area contributed by atoms with Crippen molar-refractivity contribution in [2.75, 3.05) is 6.61 Å². The average molecular weight is 307 g/mol. The maximum absolute atomic E-state index is 6.14. The van der Waals surface area contributed by atoms with Gasteiger partial charge in [-0.05, 0) is 25.7 Å². The average Bonchev–Trinajstić information content (AvgIpc) is 2.93. The summed E-state index contributed by atoms with van der Waals surface area (Å²) in [6.45, 7) is 8.80. The van der Waals surface area contributed by atoms with Crippen LogP contribution in [0, 0.1) is 6.92 Å². The summed E-state index contributed by atoms with van der Waals surface area (Å²) >= 11 is 0. The molecular formula is C17H25NO4. The van der Waals surface area contributed by atoms with Crippen LogP contribution >= 0.6 is 0 Å². The maximum Gasteiger partial charge on any atom is 0.204 e. The summed E-state index contributed by atoms with van der Waals surface area (Å²) < 4.78 is 23.1. The standard InChI is InChI=1S/C17H25NO4/c1-4-13-7-11(2)8-15(21-13)9-14-5-6-19-17(22-14)16-10-20-12(3)18-16/h10,13-15,17H,2,4-9H2,1,3H3. The zero-order chi connectivity index (χ0) is 15.5. The molecule has 0 aromatic carbocycles. The van der Waals surface area contributed by atoms with E-state index in [1.165, 1.54) is 5.57 Å². The third kappa shape index (κ3) is 3.77. The minimum atomic E-state index is -0.426. The first-order valence-electron chi connectivity index (χ1n) is 8.15. The summed E-state index contributed by atoms with van der Waals surface area (Å²) in [5.41, 5.74) is 2.00. The van der Waals surface area contributed by atoms with E-state index >= 15 is 0 Å². The third-order valence-electron chi connectivity index (χ3n) is 4.30. The summed E-state index contributed by atoms with van der Waals surface area (Å²) in [6, 6.07) is 0. The second kappa shape index (κ2) is 6.94. The van der Waals surface area contributed by atoms with Gasteiger partial charge in [-0.1, -0.05) is 19.1 Å². The van der Waals surface area contributed by atoms with Crippen LogP contribution in [0.15, 0.2) is 22.8 Å². The van der Waals surface area contributed by atoms with Crippen LogP contribution in [-0.2, 0) is 14.2 Å². The molecule has 2 saturated heterocycles. The summed E-state index contributed by atoms with van der Waals surface area (Å²) in [4.78, 5) is 4.29. The Bertz CT molecular complexity index is 513. The molecule has 122 valence electrons. The number of oxazole rings is 1. The Morgan fingerprint density at radius 3 is 2.77 bits per heavy atom. The van der Waals surface area contributed by atoms with Crippen molar-refractivity contribution in [2.24, 2.45) is 0 Å². The number of aryl methyl sites for hydroxylation is 1. The minimum absolute atomic E-state index is 0.129. The van der Waals surface area contributed by atoms with Crippen molar-refractivity contribution >= 4 is 0 Å². The molecule has 0 N–H and O–H groups in total. The highest BCUT2D eigenvalue weighted by Crippen LogP contribution is 2.32. The molecule has 0 aliphatic carbocycles. The largest absolute Gasteiger partial charge is 0.449 e. The van der Waals surface area contributed by atoms with Gasteiger partial charge in [0.1, 0.15) is 12.0 Å². The molecule has 0 bridgehead atoms. The molecular weight excluding hydrogens is 282 g/mol. The second-order valence-electron chi connectivity index (χ2n) is 6.22. The number of nitrogens with zero attached hydrogens (tertiary/aromatic N) is 1. The van der Waals surface area contributed by atoms with Crippen LogP contribution < -0.4 is 0 Å². The molecule has 1 aromatic rings. The highest BCUT2D eigenvalue weighted by molar-refractivity contribution is 5.03. The van der Waals surface area contributed by atoms with Crippen LogP contribution in [0.4, 0.5) is 0 Å². The monoisotopic (exact) mass is 307 g/mol. The van der Waals surface area contributed by atoms with Gasteiger partial charge in [0.2, 0.25) is 6.29 Å². The predicted molar refractivity (Wildman–Crippen MR) is 81.4 cm³/mol. The first-order valence-corrected chi connectivity index (χ1v) is 8.15. The van der Waals surface area contributed by atoms with Crippen molar-refractivity contribution < 1.29 is 18.6 Å². The Hall–Kier alpha value is -1.17. The van der Waals surface area contributed by atoms with E-state index < -0.39 is 6.29 Å². The maximum atomic E-state index is 6.14. The Balaban J connectivity index is 1.57. The molecule has 22 heavy (non-hydrogen) atoms.